The van der Waals surface area contributed by atoms with Crippen LogP contribution in [0.5, 0.6) is 0 Å². The first kappa shape index (κ1) is 25.6. The Morgan fingerprint density at radius 1 is 1.09 bits per heavy atom. The van der Waals surface area contributed by atoms with Gasteiger partial charge in [-0.25, -0.2) is 4.79 Å². The maximum Gasteiger partial charge on any atom is 0.354 e. The predicted octanol–water partition coefficient (Wildman–Crippen LogP) is 3.38. The van der Waals surface area contributed by atoms with Gasteiger partial charge >= 0.3 is 5.97 Å². The van der Waals surface area contributed by atoms with Crippen molar-refractivity contribution in [1.29, 1.82) is 0 Å². The SMILES string of the molecule is C=C(NC(=O)C(=C)N1C/C(=C(/C)c2ccc(NC(C)=O)cc2)CC1=O)C(=O)OCC(C)(C)C. The Balaban J connectivity index is 2.04. The van der Waals surface area contributed by atoms with E-state index in [4.69, 9.17) is 4.74 Å². The number of ether oxygens (including phenoxy) is 1. The molecule has 8 nitrogen and oxygen atoms in total. The third-order valence-electron chi connectivity index (χ3n) is 4.92. The van der Waals surface area contributed by atoms with Crippen LogP contribution >= 0.6 is 0 Å². The van der Waals surface area contributed by atoms with E-state index in [1.807, 2.05) is 39.8 Å². The average molecular weight is 454 g/mol. The van der Waals surface area contributed by atoms with Gasteiger partial charge in [-0.15, -0.1) is 0 Å². The molecule has 3 amide bonds. The van der Waals surface area contributed by atoms with E-state index in [2.05, 4.69) is 23.8 Å². The van der Waals surface area contributed by atoms with Gasteiger partial charge in [-0.2, -0.15) is 0 Å². The van der Waals surface area contributed by atoms with Crippen LogP contribution in [0.1, 0.15) is 46.6 Å². The van der Waals surface area contributed by atoms with Crippen LogP contribution in [0.25, 0.3) is 5.57 Å². The van der Waals surface area contributed by atoms with Crippen molar-refractivity contribution in [3.8, 4) is 0 Å². The molecule has 0 radical (unpaired) electrons. The monoisotopic (exact) mass is 453 g/mol. The highest BCUT2D eigenvalue weighted by molar-refractivity contribution is 6.03. The Labute approximate surface area is 194 Å². The Bertz CT molecular complexity index is 1030. The molecule has 1 fully saturated rings. The lowest BCUT2D eigenvalue weighted by Crippen LogP contribution is -2.36. The van der Waals surface area contributed by atoms with Crippen LogP contribution in [-0.4, -0.2) is 41.7 Å². The summed E-state index contributed by atoms with van der Waals surface area (Å²) in [5, 5.41) is 5.07. The Hall–Kier alpha value is -3.68. The van der Waals surface area contributed by atoms with Crippen molar-refractivity contribution in [2.45, 2.75) is 41.0 Å². The van der Waals surface area contributed by atoms with Crippen LogP contribution in [0.2, 0.25) is 0 Å². The van der Waals surface area contributed by atoms with E-state index in [0.717, 1.165) is 16.7 Å². The number of rotatable bonds is 7. The van der Waals surface area contributed by atoms with E-state index < -0.39 is 11.9 Å². The zero-order valence-electron chi connectivity index (χ0n) is 19.8. The predicted molar refractivity (Wildman–Crippen MR) is 127 cm³/mol. The Morgan fingerprint density at radius 2 is 1.70 bits per heavy atom. The first-order chi connectivity index (χ1) is 15.3. The van der Waals surface area contributed by atoms with Gasteiger partial charge in [0, 0.05) is 19.2 Å². The summed E-state index contributed by atoms with van der Waals surface area (Å²) in [6.45, 7) is 16.7. The Morgan fingerprint density at radius 3 is 2.24 bits per heavy atom. The van der Waals surface area contributed by atoms with Gasteiger partial charge in [0.25, 0.3) is 5.91 Å². The molecule has 1 aliphatic heterocycles. The van der Waals surface area contributed by atoms with Crippen LogP contribution in [-0.2, 0) is 23.9 Å². The molecular weight excluding hydrogens is 422 g/mol. The lowest BCUT2D eigenvalue weighted by atomic mass is 9.99. The summed E-state index contributed by atoms with van der Waals surface area (Å²) in [7, 11) is 0. The molecule has 2 N–H and O–H groups in total. The summed E-state index contributed by atoms with van der Waals surface area (Å²) in [6, 6.07) is 7.28. The van der Waals surface area contributed by atoms with Gasteiger partial charge < -0.3 is 20.3 Å². The van der Waals surface area contributed by atoms with Crippen LogP contribution in [0.15, 0.2) is 54.4 Å². The second kappa shape index (κ2) is 10.3. The molecule has 1 aromatic rings. The number of hydrogen-bond donors (Lipinski definition) is 2. The third-order valence-corrected chi connectivity index (χ3v) is 4.92. The van der Waals surface area contributed by atoms with Crippen LogP contribution in [0.4, 0.5) is 5.69 Å². The van der Waals surface area contributed by atoms with Crippen LogP contribution in [0, 0.1) is 5.41 Å². The molecule has 1 aromatic carbocycles. The molecule has 1 saturated heterocycles. The number of likely N-dealkylation sites (tertiary alicyclic amines) is 1. The fourth-order valence-corrected chi connectivity index (χ4v) is 3.07. The summed E-state index contributed by atoms with van der Waals surface area (Å²) in [6.07, 6.45) is 0.153. The van der Waals surface area contributed by atoms with Crippen LogP contribution < -0.4 is 10.6 Å². The maximum atomic E-state index is 12.6. The molecule has 0 aromatic heterocycles. The highest BCUT2D eigenvalue weighted by Gasteiger charge is 2.31. The van der Waals surface area contributed by atoms with E-state index in [1.54, 1.807) is 12.1 Å². The molecule has 176 valence electrons. The molecule has 0 spiro atoms. The number of carbonyl (C=O) groups is 4. The maximum absolute atomic E-state index is 12.6. The van der Waals surface area contributed by atoms with E-state index in [1.165, 1.54) is 11.8 Å². The number of esters is 1. The van der Waals surface area contributed by atoms with E-state index in [-0.39, 0.29) is 48.2 Å². The lowest BCUT2D eigenvalue weighted by Gasteiger charge is -2.20. The molecule has 8 heteroatoms. The molecular formula is C25H31N3O5. The largest absolute Gasteiger partial charge is 0.460 e. The molecule has 0 saturated carbocycles. The average Bonchev–Trinajstić information content (AvgIpc) is 3.11. The van der Waals surface area contributed by atoms with Crippen molar-refractivity contribution >= 4 is 35.0 Å². The topological polar surface area (TPSA) is 105 Å². The fraction of sp³-hybridized carbons (Fsp3) is 0.360. The second-order valence-electron chi connectivity index (χ2n) is 9.16. The smallest absolute Gasteiger partial charge is 0.354 e. The van der Waals surface area contributed by atoms with Crippen LogP contribution in [0.3, 0.4) is 0 Å². The first-order valence-electron chi connectivity index (χ1n) is 10.5. The van der Waals surface area contributed by atoms with Gasteiger partial charge in [0.15, 0.2) is 0 Å². The number of carbonyl (C=O) groups excluding carboxylic acids is 4. The minimum atomic E-state index is -0.738. The summed E-state index contributed by atoms with van der Waals surface area (Å²) >= 11 is 0. The van der Waals surface area contributed by atoms with Gasteiger partial charge in [-0.05, 0) is 41.2 Å². The zero-order valence-corrected chi connectivity index (χ0v) is 19.8. The van der Waals surface area contributed by atoms with Gasteiger partial charge in [0.1, 0.15) is 11.4 Å². The molecule has 2 rings (SSSR count). The van der Waals surface area contributed by atoms with Crippen molar-refractivity contribution in [3.05, 3.63) is 60.0 Å². The summed E-state index contributed by atoms with van der Waals surface area (Å²) < 4.78 is 5.13. The molecule has 33 heavy (non-hydrogen) atoms. The van der Waals surface area contributed by atoms with E-state index in [9.17, 15) is 19.2 Å². The highest BCUT2D eigenvalue weighted by Crippen LogP contribution is 2.29. The molecule has 0 atom stereocenters. The fourth-order valence-electron chi connectivity index (χ4n) is 3.07. The highest BCUT2D eigenvalue weighted by atomic mass is 16.5. The summed E-state index contributed by atoms with van der Waals surface area (Å²) in [5.41, 5.74) is 2.82. The van der Waals surface area contributed by atoms with Crippen molar-refractivity contribution < 1.29 is 23.9 Å². The number of anilines is 1. The third kappa shape index (κ3) is 7.17. The standard InChI is InChI=1S/C25H31N3O5/c1-15(19-8-10-21(11-9-19)27-18(4)29)20-12-22(30)28(13-20)17(3)23(31)26-16(2)24(32)33-14-25(5,6)7/h8-11H,2-3,12-14H2,1,4-7H3,(H,26,31)(H,27,29)/b20-15-. The zero-order chi connectivity index (χ0) is 24.9. The van der Waals surface area contributed by atoms with Crippen molar-refractivity contribution in [2.24, 2.45) is 5.41 Å². The number of nitrogens with zero attached hydrogens (tertiary/aromatic N) is 1. The quantitative estimate of drug-likeness (QED) is 0.486. The van der Waals surface area contributed by atoms with Gasteiger partial charge in [-0.3, -0.25) is 14.4 Å². The van der Waals surface area contributed by atoms with E-state index in [0.29, 0.717) is 5.69 Å². The number of allylic oxidation sites excluding steroid dienone is 1. The molecule has 1 aliphatic rings. The lowest BCUT2D eigenvalue weighted by molar-refractivity contribution is -0.143. The molecule has 0 aliphatic carbocycles. The number of hydrogen-bond acceptors (Lipinski definition) is 5. The molecule has 0 unspecified atom stereocenters. The van der Waals surface area contributed by atoms with Gasteiger partial charge in [-0.1, -0.05) is 46.1 Å². The summed E-state index contributed by atoms with van der Waals surface area (Å²) in [4.78, 5) is 49.6. The second-order valence-corrected chi connectivity index (χ2v) is 9.16. The van der Waals surface area contributed by atoms with Crippen molar-refractivity contribution in [1.82, 2.24) is 10.2 Å². The van der Waals surface area contributed by atoms with E-state index >= 15 is 0 Å². The first-order valence-corrected chi connectivity index (χ1v) is 10.5. The van der Waals surface area contributed by atoms with Gasteiger partial charge in [0.05, 0.1) is 13.0 Å². The Kier molecular flexibility index (Phi) is 7.98. The molecule has 0 bridgehead atoms. The number of nitrogens with one attached hydrogen (secondary N) is 2. The molecule has 1 heterocycles. The van der Waals surface area contributed by atoms with Gasteiger partial charge in [0.2, 0.25) is 11.8 Å². The number of benzene rings is 1. The van der Waals surface area contributed by atoms with Crippen molar-refractivity contribution in [3.63, 3.8) is 0 Å². The van der Waals surface area contributed by atoms with Crippen molar-refractivity contribution in [2.75, 3.05) is 18.5 Å². The minimum Gasteiger partial charge on any atom is -0.460 e. The normalized spacial score (nSPS) is 15.1. The minimum absolute atomic E-state index is 0.0754. The summed E-state index contributed by atoms with van der Waals surface area (Å²) in [5.74, 6) is -1.85. The number of amides is 3.